The topological polar surface area (TPSA) is 41.1 Å². The minimum absolute atomic E-state index is 0.177. The van der Waals surface area contributed by atoms with E-state index in [4.69, 9.17) is 0 Å². The molecule has 3 aromatic rings. The standard InChI is InChI=1S/C19H21FN4/c1-13-19(23-18-7-5-4-6-17(18)22-13)21-11-14-8-9-15(12-24(2)3)16(20)10-14/h4-10H,11-12H2,1-3H3,(H,21,23). The highest BCUT2D eigenvalue weighted by atomic mass is 19.1. The summed E-state index contributed by atoms with van der Waals surface area (Å²) in [6.07, 6.45) is 0. The summed E-state index contributed by atoms with van der Waals surface area (Å²) in [6.45, 7) is 3.02. The van der Waals surface area contributed by atoms with E-state index in [1.54, 1.807) is 6.07 Å². The fourth-order valence-corrected chi connectivity index (χ4v) is 2.61. The van der Waals surface area contributed by atoms with Gasteiger partial charge in [-0.3, -0.25) is 0 Å². The maximum Gasteiger partial charge on any atom is 0.148 e. The summed E-state index contributed by atoms with van der Waals surface area (Å²) >= 11 is 0. The molecule has 3 rings (SSSR count). The van der Waals surface area contributed by atoms with Crippen LogP contribution in [0, 0.1) is 12.7 Å². The van der Waals surface area contributed by atoms with E-state index in [9.17, 15) is 4.39 Å². The van der Waals surface area contributed by atoms with E-state index in [0.717, 1.165) is 28.1 Å². The lowest BCUT2D eigenvalue weighted by Crippen LogP contribution is -2.12. The van der Waals surface area contributed by atoms with Crippen molar-refractivity contribution in [2.24, 2.45) is 0 Å². The van der Waals surface area contributed by atoms with Crippen molar-refractivity contribution in [1.29, 1.82) is 0 Å². The Bertz CT molecular complexity index is 861. The monoisotopic (exact) mass is 324 g/mol. The zero-order valence-electron chi connectivity index (χ0n) is 14.2. The summed E-state index contributed by atoms with van der Waals surface area (Å²) in [4.78, 5) is 11.1. The lowest BCUT2D eigenvalue weighted by molar-refractivity contribution is 0.392. The second-order valence-electron chi connectivity index (χ2n) is 6.16. The third kappa shape index (κ3) is 3.68. The van der Waals surface area contributed by atoms with Gasteiger partial charge in [0.05, 0.1) is 16.7 Å². The van der Waals surface area contributed by atoms with Gasteiger partial charge in [-0.2, -0.15) is 0 Å². The molecule has 0 atom stereocenters. The van der Waals surface area contributed by atoms with Gasteiger partial charge in [-0.15, -0.1) is 0 Å². The zero-order valence-corrected chi connectivity index (χ0v) is 14.2. The van der Waals surface area contributed by atoms with E-state index in [1.807, 2.05) is 62.3 Å². The fraction of sp³-hybridized carbons (Fsp3) is 0.263. The molecule has 1 aromatic heterocycles. The highest BCUT2D eigenvalue weighted by Crippen LogP contribution is 2.18. The molecule has 2 aromatic carbocycles. The average molecular weight is 324 g/mol. The number of aromatic nitrogens is 2. The molecule has 5 heteroatoms. The maximum absolute atomic E-state index is 14.1. The van der Waals surface area contributed by atoms with Crippen LogP contribution in [0.25, 0.3) is 11.0 Å². The Morgan fingerprint density at radius 2 is 1.75 bits per heavy atom. The Hall–Kier alpha value is -2.53. The number of hydrogen-bond acceptors (Lipinski definition) is 4. The van der Waals surface area contributed by atoms with Crippen molar-refractivity contribution in [2.75, 3.05) is 19.4 Å². The molecule has 124 valence electrons. The Labute approximate surface area is 141 Å². The van der Waals surface area contributed by atoms with E-state index < -0.39 is 0 Å². The number of fused-ring (bicyclic) bond motifs is 1. The van der Waals surface area contributed by atoms with Gasteiger partial charge in [0.2, 0.25) is 0 Å². The summed E-state index contributed by atoms with van der Waals surface area (Å²) in [5.41, 5.74) is 4.13. The summed E-state index contributed by atoms with van der Waals surface area (Å²) in [5.74, 6) is 0.552. The lowest BCUT2D eigenvalue weighted by Gasteiger charge is -2.13. The molecule has 0 amide bonds. The highest BCUT2D eigenvalue weighted by molar-refractivity contribution is 5.76. The number of anilines is 1. The molecule has 0 bridgehead atoms. The highest BCUT2D eigenvalue weighted by Gasteiger charge is 2.07. The van der Waals surface area contributed by atoms with Crippen molar-refractivity contribution in [3.63, 3.8) is 0 Å². The van der Waals surface area contributed by atoms with Crippen molar-refractivity contribution in [1.82, 2.24) is 14.9 Å². The van der Waals surface area contributed by atoms with Crippen molar-refractivity contribution in [2.45, 2.75) is 20.0 Å². The first-order valence-electron chi connectivity index (χ1n) is 7.92. The van der Waals surface area contributed by atoms with Crippen molar-refractivity contribution >= 4 is 16.9 Å². The van der Waals surface area contributed by atoms with Gasteiger partial charge in [0, 0.05) is 18.7 Å². The van der Waals surface area contributed by atoms with Gasteiger partial charge >= 0.3 is 0 Å². The summed E-state index contributed by atoms with van der Waals surface area (Å²) in [6, 6.07) is 13.1. The van der Waals surface area contributed by atoms with Crippen LogP contribution >= 0.6 is 0 Å². The molecule has 0 unspecified atom stereocenters. The van der Waals surface area contributed by atoms with E-state index in [1.165, 1.54) is 0 Å². The van der Waals surface area contributed by atoms with E-state index in [2.05, 4.69) is 15.3 Å². The number of aryl methyl sites for hydroxylation is 1. The third-order valence-electron chi connectivity index (χ3n) is 3.81. The Kier molecular flexibility index (Phi) is 4.71. The normalized spacial score (nSPS) is 11.2. The summed E-state index contributed by atoms with van der Waals surface area (Å²) in [7, 11) is 3.85. The van der Waals surface area contributed by atoms with Crippen LogP contribution in [0.4, 0.5) is 10.2 Å². The van der Waals surface area contributed by atoms with Crippen LogP contribution < -0.4 is 5.32 Å². The predicted molar refractivity (Wildman–Crippen MR) is 95.4 cm³/mol. The van der Waals surface area contributed by atoms with Gasteiger partial charge in [-0.25, -0.2) is 14.4 Å². The first-order valence-corrected chi connectivity index (χ1v) is 7.92. The van der Waals surface area contributed by atoms with Gasteiger partial charge in [0.25, 0.3) is 0 Å². The molecular weight excluding hydrogens is 303 g/mol. The van der Waals surface area contributed by atoms with Crippen LogP contribution in [-0.2, 0) is 13.1 Å². The molecule has 0 fully saturated rings. The summed E-state index contributed by atoms with van der Waals surface area (Å²) in [5, 5.41) is 3.26. The van der Waals surface area contributed by atoms with Gasteiger partial charge in [-0.05, 0) is 44.8 Å². The van der Waals surface area contributed by atoms with Crippen LogP contribution in [0.3, 0.4) is 0 Å². The number of halogens is 1. The second-order valence-corrected chi connectivity index (χ2v) is 6.16. The van der Waals surface area contributed by atoms with Gasteiger partial charge in [0.15, 0.2) is 0 Å². The molecule has 24 heavy (non-hydrogen) atoms. The molecule has 1 heterocycles. The largest absolute Gasteiger partial charge is 0.364 e. The van der Waals surface area contributed by atoms with Gasteiger partial charge < -0.3 is 10.2 Å². The molecule has 0 aliphatic heterocycles. The predicted octanol–water partition coefficient (Wildman–Crippen LogP) is 3.75. The number of para-hydroxylation sites is 2. The molecule has 0 radical (unpaired) electrons. The van der Waals surface area contributed by atoms with Crippen LogP contribution in [-0.4, -0.2) is 29.0 Å². The minimum Gasteiger partial charge on any atom is -0.364 e. The molecule has 0 aliphatic carbocycles. The van der Waals surface area contributed by atoms with Gasteiger partial charge in [-0.1, -0.05) is 24.3 Å². The van der Waals surface area contributed by atoms with Crippen LogP contribution in [0.1, 0.15) is 16.8 Å². The molecule has 4 nitrogen and oxygen atoms in total. The van der Waals surface area contributed by atoms with Gasteiger partial charge in [0.1, 0.15) is 11.6 Å². The maximum atomic E-state index is 14.1. The van der Waals surface area contributed by atoms with Crippen LogP contribution in [0.15, 0.2) is 42.5 Å². The molecule has 0 saturated carbocycles. The third-order valence-corrected chi connectivity index (χ3v) is 3.81. The Balaban J connectivity index is 1.76. The molecular formula is C19H21FN4. The molecule has 0 aliphatic rings. The quantitative estimate of drug-likeness (QED) is 0.776. The van der Waals surface area contributed by atoms with Crippen molar-refractivity contribution < 1.29 is 4.39 Å². The Morgan fingerprint density at radius 3 is 2.42 bits per heavy atom. The van der Waals surface area contributed by atoms with Crippen LogP contribution in [0.5, 0.6) is 0 Å². The van der Waals surface area contributed by atoms with E-state index in [0.29, 0.717) is 18.7 Å². The molecule has 0 saturated heterocycles. The first kappa shape index (κ1) is 16.3. The smallest absolute Gasteiger partial charge is 0.148 e. The lowest BCUT2D eigenvalue weighted by atomic mass is 10.1. The molecule has 0 spiro atoms. The number of nitrogens with one attached hydrogen (secondary N) is 1. The SMILES string of the molecule is Cc1nc2ccccc2nc1NCc1ccc(CN(C)C)c(F)c1. The minimum atomic E-state index is -0.177. The number of benzene rings is 2. The fourth-order valence-electron chi connectivity index (χ4n) is 2.61. The number of hydrogen-bond donors (Lipinski definition) is 1. The summed E-state index contributed by atoms with van der Waals surface area (Å²) < 4.78 is 14.1. The van der Waals surface area contributed by atoms with E-state index in [-0.39, 0.29) is 5.82 Å². The molecule has 1 N–H and O–H groups in total. The van der Waals surface area contributed by atoms with Crippen LogP contribution in [0.2, 0.25) is 0 Å². The first-order chi connectivity index (χ1) is 11.5. The number of nitrogens with zero attached hydrogens (tertiary/aromatic N) is 3. The van der Waals surface area contributed by atoms with E-state index >= 15 is 0 Å². The number of rotatable bonds is 5. The van der Waals surface area contributed by atoms with Crippen molar-refractivity contribution in [3.05, 3.63) is 65.1 Å². The second kappa shape index (κ2) is 6.93. The van der Waals surface area contributed by atoms with Crippen molar-refractivity contribution in [3.8, 4) is 0 Å². The zero-order chi connectivity index (χ0) is 17.1. The Morgan fingerprint density at radius 1 is 1.04 bits per heavy atom. The average Bonchev–Trinajstić information content (AvgIpc) is 2.55.